The second-order valence-corrected chi connectivity index (χ2v) is 7.25. The van der Waals surface area contributed by atoms with Crippen molar-refractivity contribution in [2.45, 2.75) is 19.1 Å². The van der Waals surface area contributed by atoms with Crippen LogP contribution in [0.25, 0.3) is 11.0 Å². The third-order valence-corrected chi connectivity index (χ3v) is 5.02. The Balaban J connectivity index is 1.54. The van der Waals surface area contributed by atoms with Crippen LogP contribution in [0.4, 0.5) is 0 Å². The number of hydrogen-bond donors (Lipinski definition) is 1. The van der Waals surface area contributed by atoms with Crippen LogP contribution in [-0.4, -0.2) is 25.0 Å². The number of ether oxygens (including phenoxy) is 2. The minimum atomic E-state index is -0.962. The molecule has 1 N–H and O–H groups in total. The highest BCUT2D eigenvalue weighted by Gasteiger charge is 2.25. The van der Waals surface area contributed by atoms with E-state index < -0.39 is 23.5 Å². The van der Waals surface area contributed by atoms with Crippen LogP contribution in [0.3, 0.4) is 0 Å². The molecule has 0 aliphatic carbocycles. The van der Waals surface area contributed by atoms with E-state index in [4.69, 9.17) is 18.3 Å². The summed E-state index contributed by atoms with van der Waals surface area (Å²) in [5.74, 6) is -0.561. The Hall–Kier alpha value is -4.33. The van der Waals surface area contributed by atoms with Gasteiger partial charge in [-0.3, -0.25) is 4.79 Å². The van der Waals surface area contributed by atoms with Crippen LogP contribution in [0.15, 0.2) is 86.6 Å². The molecule has 0 bridgehead atoms. The molecule has 0 unspecified atom stereocenters. The Kier molecular flexibility index (Phi) is 6.54. The van der Waals surface area contributed by atoms with E-state index in [0.29, 0.717) is 22.3 Å². The van der Waals surface area contributed by atoms with Gasteiger partial charge < -0.3 is 23.6 Å². The van der Waals surface area contributed by atoms with Crippen molar-refractivity contribution in [3.05, 3.63) is 100 Å². The molecule has 0 spiro atoms. The van der Waals surface area contributed by atoms with E-state index in [1.807, 2.05) is 30.3 Å². The maximum Gasteiger partial charge on any atom is 0.336 e. The maximum atomic E-state index is 13.0. The lowest BCUT2D eigenvalue weighted by molar-refractivity contribution is -0.147. The summed E-state index contributed by atoms with van der Waals surface area (Å²) in [6.07, 6.45) is 1.60. The number of amides is 1. The predicted molar refractivity (Wildman–Crippen MR) is 119 cm³/mol. The molecule has 2 aromatic heterocycles. The normalized spacial score (nSPS) is 11.7. The van der Waals surface area contributed by atoms with E-state index in [1.165, 1.54) is 25.5 Å². The van der Waals surface area contributed by atoms with Crippen LogP contribution in [0.1, 0.15) is 21.7 Å². The van der Waals surface area contributed by atoms with Crippen LogP contribution in [0.5, 0.6) is 5.75 Å². The number of hydrogen-bond acceptors (Lipinski definition) is 7. The van der Waals surface area contributed by atoms with Gasteiger partial charge in [0.25, 0.3) is 5.91 Å². The van der Waals surface area contributed by atoms with Crippen molar-refractivity contribution >= 4 is 22.8 Å². The number of fused-ring (bicyclic) bond motifs is 1. The molecular formula is C25H21NO7. The summed E-state index contributed by atoms with van der Waals surface area (Å²) in [5, 5.41) is 3.28. The molecule has 0 saturated carbocycles. The maximum absolute atomic E-state index is 13.0. The molecular weight excluding hydrogens is 426 g/mol. The van der Waals surface area contributed by atoms with Gasteiger partial charge in [-0.05, 0) is 29.8 Å². The van der Waals surface area contributed by atoms with Gasteiger partial charge in [0.2, 0.25) is 0 Å². The minimum absolute atomic E-state index is 0.0847. The van der Waals surface area contributed by atoms with E-state index >= 15 is 0 Å². The number of esters is 1. The quantitative estimate of drug-likeness (QED) is 0.325. The fraction of sp³-hybridized carbons (Fsp3) is 0.160. The van der Waals surface area contributed by atoms with Crippen LogP contribution >= 0.6 is 0 Å². The molecule has 0 saturated heterocycles. The molecule has 33 heavy (non-hydrogen) atoms. The highest BCUT2D eigenvalue weighted by atomic mass is 16.5. The van der Waals surface area contributed by atoms with Gasteiger partial charge >= 0.3 is 11.6 Å². The predicted octanol–water partition coefficient (Wildman–Crippen LogP) is 3.48. The van der Waals surface area contributed by atoms with Crippen LogP contribution < -0.4 is 15.7 Å². The summed E-state index contributed by atoms with van der Waals surface area (Å²) in [7, 11) is 1.51. The zero-order chi connectivity index (χ0) is 23.2. The number of carbonyl (C=O) groups is 2. The monoisotopic (exact) mass is 447 g/mol. The van der Waals surface area contributed by atoms with Gasteiger partial charge in [-0.2, -0.15) is 0 Å². The molecule has 0 radical (unpaired) electrons. The molecule has 2 heterocycles. The molecule has 1 amide bonds. The molecule has 168 valence electrons. The first-order chi connectivity index (χ1) is 16.0. The van der Waals surface area contributed by atoms with Gasteiger partial charge in [0.1, 0.15) is 24.0 Å². The lowest BCUT2D eigenvalue weighted by atomic mass is 10.1. The number of rotatable bonds is 8. The molecule has 4 aromatic rings. The molecule has 0 aliphatic heterocycles. The average molecular weight is 447 g/mol. The minimum Gasteiger partial charge on any atom is -0.497 e. The molecule has 1 atom stereocenters. The summed E-state index contributed by atoms with van der Waals surface area (Å²) >= 11 is 0. The van der Waals surface area contributed by atoms with Gasteiger partial charge in [0, 0.05) is 29.5 Å². The zero-order valence-electron chi connectivity index (χ0n) is 17.8. The van der Waals surface area contributed by atoms with Crippen molar-refractivity contribution < 1.29 is 27.9 Å². The van der Waals surface area contributed by atoms with Crippen molar-refractivity contribution in [2.24, 2.45) is 0 Å². The molecule has 4 rings (SSSR count). The van der Waals surface area contributed by atoms with Crippen LogP contribution in [0, 0.1) is 0 Å². The van der Waals surface area contributed by atoms with Gasteiger partial charge in [-0.15, -0.1) is 0 Å². The van der Waals surface area contributed by atoms with E-state index in [1.54, 1.807) is 24.3 Å². The average Bonchev–Trinajstić information content (AvgIpc) is 3.37. The third-order valence-electron chi connectivity index (χ3n) is 5.02. The van der Waals surface area contributed by atoms with Crippen molar-refractivity contribution in [2.75, 3.05) is 7.11 Å². The third kappa shape index (κ3) is 5.30. The zero-order valence-corrected chi connectivity index (χ0v) is 17.8. The Morgan fingerprint density at radius 3 is 2.58 bits per heavy atom. The van der Waals surface area contributed by atoms with E-state index in [0.717, 1.165) is 5.56 Å². The van der Waals surface area contributed by atoms with Crippen molar-refractivity contribution in [3.63, 3.8) is 0 Å². The van der Waals surface area contributed by atoms with Crippen molar-refractivity contribution in [3.8, 4) is 5.75 Å². The summed E-state index contributed by atoms with van der Waals surface area (Å²) in [4.78, 5) is 37.4. The lowest BCUT2D eigenvalue weighted by Gasteiger charge is -2.17. The number of nitrogens with one attached hydrogen (secondary N) is 1. The fourth-order valence-corrected chi connectivity index (χ4v) is 3.39. The highest BCUT2D eigenvalue weighted by molar-refractivity contribution is 5.94. The van der Waals surface area contributed by atoms with Crippen LogP contribution in [0.2, 0.25) is 0 Å². The Morgan fingerprint density at radius 2 is 1.85 bits per heavy atom. The fourth-order valence-electron chi connectivity index (χ4n) is 3.39. The van der Waals surface area contributed by atoms with Crippen molar-refractivity contribution in [1.29, 1.82) is 0 Å². The molecule has 0 fully saturated rings. The lowest BCUT2D eigenvalue weighted by Crippen LogP contribution is -2.43. The molecule has 8 nitrogen and oxygen atoms in total. The Morgan fingerprint density at radius 1 is 1.03 bits per heavy atom. The topological polar surface area (TPSA) is 108 Å². The second-order valence-electron chi connectivity index (χ2n) is 7.25. The summed E-state index contributed by atoms with van der Waals surface area (Å²) in [5.41, 5.74) is 1.07. The number of carbonyl (C=O) groups excluding carboxylic acids is 2. The van der Waals surface area contributed by atoms with Gasteiger partial charge in [-0.25, -0.2) is 9.59 Å². The molecule has 0 aliphatic rings. The molecule has 2 aromatic carbocycles. The van der Waals surface area contributed by atoms with Gasteiger partial charge in [0.05, 0.1) is 13.4 Å². The first kappa shape index (κ1) is 21.9. The number of furan rings is 1. The largest absolute Gasteiger partial charge is 0.497 e. The first-order valence-corrected chi connectivity index (χ1v) is 10.2. The van der Waals surface area contributed by atoms with Gasteiger partial charge in [0.15, 0.2) is 5.76 Å². The summed E-state index contributed by atoms with van der Waals surface area (Å²) in [6, 6.07) is 17.7. The number of benzene rings is 2. The number of methoxy groups -OCH3 is 1. The van der Waals surface area contributed by atoms with Gasteiger partial charge in [-0.1, -0.05) is 30.3 Å². The van der Waals surface area contributed by atoms with Crippen LogP contribution in [-0.2, 0) is 22.6 Å². The second kappa shape index (κ2) is 9.86. The van der Waals surface area contributed by atoms with E-state index in [-0.39, 0.29) is 18.8 Å². The van der Waals surface area contributed by atoms with E-state index in [2.05, 4.69) is 5.32 Å². The standard InChI is InChI=1S/C25H21NO7/c1-30-18-9-10-19-17(13-23(27)33-22(19)14-18)15-32-25(29)20(12-16-6-3-2-4-7-16)26-24(28)21-8-5-11-31-21/h2-11,13-14,20H,12,15H2,1H3,(H,26,28)/t20-/m0/s1. The molecule has 8 heteroatoms. The van der Waals surface area contributed by atoms with E-state index in [9.17, 15) is 14.4 Å². The Labute approximate surface area is 188 Å². The van der Waals surface area contributed by atoms with Crippen molar-refractivity contribution in [1.82, 2.24) is 5.32 Å². The smallest absolute Gasteiger partial charge is 0.336 e. The summed E-state index contributed by atoms with van der Waals surface area (Å²) in [6.45, 7) is -0.171. The summed E-state index contributed by atoms with van der Waals surface area (Å²) < 4.78 is 21.0. The highest BCUT2D eigenvalue weighted by Crippen LogP contribution is 2.23. The SMILES string of the molecule is COc1ccc2c(COC(=O)[C@H](Cc3ccccc3)NC(=O)c3ccco3)cc(=O)oc2c1. The first-order valence-electron chi connectivity index (χ1n) is 10.2. The Bertz CT molecular complexity index is 1310.